The summed E-state index contributed by atoms with van der Waals surface area (Å²) >= 11 is 6.09. The second-order valence-corrected chi connectivity index (χ2v) is 5.79. The number of nitrogens with two attached hydrogens (primary N) is 1. The van der Waals surface area contributed by atoms with Crippen LogP contribution in [0.25, 0.3) is 0 Å². The molecule has 1 aromatic rings. The Morgan fingerprint density at radius 3 is 3.05 bits per heavy atom. The van der Waals surface area contributed by atoms with E-state index in [-0.39, 0.29) is 18.0 Å². The highest BCUT2D eigenvalue weighted by Crippen LogP contribution is 2.22. The highest BCUT2D eigenvalue weighted by Gasteiger charge is 2.28. The molecule has 1 fully saturated rings. The predicted octanol–water partition coefficient (Wildman–Crippen LogP) is 1.96. The number of nitrogens with zero attached hydrogens (tertiary/aromatic N) is 1. The third-order valence-corrected chi connectivity index (χ3v) is 4.22. The molecule has 2 unspecified atom stereocenters. The van der Waals surface area contributed by atoms with Crippen LogP contribution < -0.4 is 11.3 Å². The molecule has 2 atom stereocenters. The second kappa shape index (κ2) is 8.06. The topological polar surface area (TPSA) is 50.5 Å². The van der Waals surface area contributed by atoms with Crippen LogP contribution in [0.1, 0.15) is 18.9 Å². The van der Waals surface area contributed by atoms with Gasteiger partial charge in [-0.05, 0) is 31.5 Å². The van der Waals surface area contributed by atoms with Crippen LogP contribution in [-0.4, -0.2) is 43.3 Å². The molecule has 0 aliphatic carbocycles. The average Bonchev–Trinajstić information content (AvgIpc) is 2.48. The summed E-state index contributed by atoms with van der Waals surface area (Å²) in [5.41, 5.74) is 3.24. The minimum Gasteiger partial charge on any atom is -0.374 e. The maximum absolute atomic E-state index is 13.9. The number of ether oxygens (including phenoxy) is 1. The lowest BCUT2D eigenvalue weighted by atomic mass is 10.00. The van der Waals surface area contributed by atoms with Gasteiger partial charge < -0.3 is 4.74 Å². The molecule has 1 aliphatic rings. The van der Waals surface area contributed by atoms with Gasteiger partial charge in [-0.25, -0.2) is 4.39 Å². The lowest BCUT2D eigenvalue weighted by molar-refractivity contribution is -0.0463. The molecule has 0 bridgehead atoms. The Kier molecular flexibility index (Phi) is 6.39. The van der Waals surface area contributed by atoms with Crippen molar-refractivity contribution < 1.29 is 9.13 Å². The van der Waals surface area contributed by atoms with E-state index in [1.807, 2.05) is 0 Å². The summed E-state index contributed by atoms with van der Waals surface area (Å²) in [5.74, 6) is 5.36. The van der Waals surface area contributed by atoms with Crippen molar-refractivity contribution in [3.05, 3.63) is 34.6 Å². The molecule has 118 valence electrons. The highest BCUT2D eigenvalue weighted by molar-refractivity contribution is 6.31. The Labute approximate surface area is 130 Å². The summed E-state index contributed by atoms with van der Waals surface area (Å²) < 4.78 is 19.7. The predicted molar refractivity (Wildman–Crippen MR) is 82.7 cm³/mol. The summed E-state index contributed by atoms with van der Waals surface area (Å²) in [7, 11) is 0. The summed E-state index contributed by atoms with van der Waals surface area (Å²) in [4.78, 5) is 2.35. The van der Waals surface area contributed by atoms with Crippen LogP contribution in [0.2, 0.25) is 5.02 Å². The quantitative estimate of drug-likeness (QED) is 0.622. The first-order chi connectivity index (χ1) is 10.2. The van der Waals surface area contributed by atoms with E-state index in [4.69, 9.17) is 22.2 Å². The average molecular weight is 316 g/mol. The van der Waals surface area contributed by atoms with Gasteiger partial charge in [0.25, 0.3) is 0 Å². The maximum Gasteiger partial charge on any atom is 0.127 e. The molecule has 4 nitrogen and oxygen atoms in total. The highest BCUT2D eigenvalue weighted by atomic mass is 35.5. The lowest BCUT2D eigenvalue weighted by Gasteiger charge is -2.36. The lowest BCUT2D eigenvalue weighted by Crippen LogP contribution is -2.55. The Hall–Kier alpha value is -0.720. The van der Waals surface area contributed by atoms with E-state index >= 15 is 0 Å². The van der Waals surface area contributed by atoms with Crippen molar-refractivity contribution in [2.75, 3.05) is 26.2 Å². The standard InChI is InChI=1S/C15H23ClFN3O/c1-2-6-20-7-8-21-15(10-20)14(19-18)9-11-12(16)4-3-5-13(11)17/h3-5,14-15,19H,2,6-10,18H2,1H3. The fraction of sp³-hybridized carbons (Fsp3) is 0.600. The number of halogens is 2. The van der Waals surface area contributed by atoms with Crippen LogP contribution in [0.15, 0.2) is 18.2 Å². The Morgan fingerprint density at radius 2 is 2.38 bits per heavy atom. The van der Waals surface area contributed by atoms with Gasteiger partial charge in [-0.15, -0.1) is 0 Å². The van der Waals surface area contributed by atoms with Gasteiger partial charge in [0.05, 0.1) is 18.8 Å². The molecular weight excluding hydrogens is 293 g/mol. The van der Waals surface area contributed by atoms with Gasteiger partial charge in [-0.3, -0.25) is 16.2 Å². The second-order valence-electron chi connectivity index (χ2n) is 5.39. The Bertz CT molecular complexity index is 438. The van der Waals surface area contributed by atoms with Gasteiger partial charge in [0.1, 0.15) is 5.82 Å². The monoisotopic (exact) mass is 315 g/mol. The molecule has 1 aromatic carbocycles. The number of hydrazine groups is 1. The van der Waals surface area contributed by atoms with Gasteiger partial charge in [0, 0.05) is 23.7 Å². The number of rotatable bonds is 6. The van der Waals surface area contributed by atoms with Gasteiger partial charge in [-0.1, -0.05) is 24.6 Å². The zero-order valence-corrected chi connectivity index (χ0v) is 13.1. The van der Waals surface area contributed by atoms with E-state index in [9.17, 15) is 4.39 Å². The largest absolute Gasteiger partial charge is 0.374 e. The van der Waals surface area contributed by atoms with Crippen molar-refractivity contribution >= 4 is 11.6 Å². The van der Waals surface area contributed by atoms with Crippen molar-refractivity contribution in [1.82, 2.24) is 10.3 Å². The molecule has 0 aromatic heterocycles. The van der Waals surface area contributed by atoms with Crippen molar-refractivity contribution in [1.29, 1.82) is 0 Å². The molecule has 21 heavy (non-hydrogen) atoms. The Balaban J connectivity index is 2.05. The summed E-state index contributed by atoms with van der Waals surface area (Å²) in [6, 6.07) is 4.55. The van der Waals surface area contributed by atoms with Crippen molar-refractivity contribution in [3.8, 4) is 0 Å². The molecule has 2 rings (SSSR count). The SMILES string of the molecule is CCCN1CCOC(C(Cc2c(F)cccc2Cl)NN)C1. The van der Waals surface area contributed by atoms with E-state index in [0.717, 1.165) is 26.1 Å². The number of nitrogens with one attached hydrogen (secondary N) is 1. The number of hydrogen-bond donors (Lipinski definition) is 2. The van der Waals surface area contributed by atoms with E-state index < -0.39 is 0 Å². The molecule has 1 heterocycles. The minimum atomic E-state index is -0.302. The molecule has 1 saturated heterocycles. The van der Waals surface area contributed by atoms with E-state index in [2.05, 4.69) is 17.2 Å². The smallest absolute Gasteiger partial charge is 0.127 e. The molecule has 3 N–H and O–H groups in total. The van der Waals surface area contributed by atoms with Crippen LogP contribution in [-0.2, 0) is 11.2 Å². The summed E-state index contributed by atoms with van der Waals surface area (Å²) in [6.45, 7) is 5.60. The third-order valence-electron chi connectivity index (χ3n) is 3.87. The van der Waals surface area contributed by atoms with Crippen LogP contribution in [0.3, 0.4) is 0 Å². The van der Waals surface area contributed by atoms with Gasteiger partial charge in [0.2, 0.25) is 0 Å². The molecule has 0 radical (unpaired) electrons. The first-order valence-corrected chi connectivity index (χ1v) is 7.76. The van der Waals surface area contributed by atoms with Crippen molar-refractivity contribution in [2.45, 2.75) is 31.9 Å². The fourth-order valence-electron chi connectivity index (χ4n) is 2.74. The molecule has 6 heteroatoms. The molecule has 0 amide bonds. The number of morpholine rings is 1. The fourth-order valence-corrected chi connectivity index (χ4v) is 2.98. The van der Waals surface area contributed by atoms with Crippen LogP contribution in [0, 0.1) is 5.82 Å². The Morgan fingerprint density at radius 1 is 1.57 bits per heavy atom. The normalized spacial score (nSPS) is 21.4. The van der Waals surface area contributed by atoms with Crippen molar-refractivity contribution in [2.24, 2.45) is 5.84 Å². The zero-order valence-electron chi connectivity index (χ0n) is 12.3. The zero-order chi connectivity index (χ0) is 15.2. The van der Waals surface area contributed by atoms with E-state index in [1.165, 1.54) is 6.07 Å². The number of hydrogen-bond acceptors (Lipinski definition) is 4. The number of benzene rings is 1. The van der Waals surface area contributed by atoms with Crippen molar-refractivity contribution in [3.63, 3.8) is 0 Å². The summed E-state index contributed by atoms with van der Waals surface area (Å²) in [6.07, 6.45) is 1.45. The molecule has 0 saturated carbocycles. The van der Waals surface area contributed by atoms with Gasteiger partial charge in [0.15, 0.2) is 0 Å². The minimum absolute atomic E-state index is 0.0639. The molecular formula is C15H23ClFN3O. The van der Waals surface area contributed by atoms with E-state index in [0.29, 0.717) is 23.6 Å². The van der Waals surface area contributed by atoms with Crippen LogP contribution in [0.5, 0.6) is 0 Å². The summed E-state index contributed by atoms with van der Waals surface area (Å²) in [5, 5.41) is 0.427. The molecule has 0 spiro atoms. The van der Waals surface area contributed by atoms with Crippen LogP contribution >= 0.6 is 11.6 Å². The van der Waals surface area contributed by atoms with E-state index in [1.54, 1.807) is 12.1 Å². The maximum atomic E-state index is 13.9. The van der Waals surface area contributed by atoms with Gasteiger partial charge >= 0.3 is 0 Å². The third kappa shape index (κ3) is 4.37. The first-order valence-electron chi connectivity index (χ1n) is 7.38. The molecule has 1 aliphatic heterocycles. The first kappa shape index (κ1) is 16.6. The van der Waals surface area contributed by atoms with Crippen LogP contribution in [0.4, 0.5) is 4.39 Å². The van der Waals surface area contributed by atoms with Gasteiger partial charge in [-0.2, -0.15) is 0 Å².